The average molecular weight is 188 g/mol. The molecule has 1 fully saturated rings. The zero-order chi connectivity index (χ0) is 9.84. The Labute approximate surface area is 77.5 Å². The van der Waals surface area contributed by atoms with Crippen LogP contribution in [0.2, 0.25) is 0 Å². The predicted molar refractivity (Wildman–Crippen MR) is 47.1 cm³/mol. The van der Waals surface area contributed by atoms with Gasteiger partial charge in [0, 0.05) is 19.7 Å². The molecule has 5 nitrogen and oxygen atoms in total. The van der Waals surface area contributed by atoms with Crippen molar-refractivity contribution in [2.24, 2.45) is 5.73 Å². The lowest BCUT2D eigenvalue weighted by Gasteiger charge is -2.14. The standard InChI is InChI=1S/C8H16N2O3/c1-2-13-7-5-10(4-6(7)11)8(12)3-9/h6-7,11H,2-5,9H2,1H3/t6-,7-/m0/s1. The first-order chi connectivity index (χ1) is 6.19. The largest absolute Gasteiger partial charge is 0.388 e. The molecule has 0 spiro atoms. The fourth-order valence-electron chi connectivity index (χ4n) is 1.47. The zero-order valence-electron chi connectivity index (χ0n) is 7.77. The summed E-state index contributed by atoms with van der Waals surface area (Å²) < 4.78 is 5.26. The van der Waals surface area contributed by atoms with Crippen molar-refractivity contribution in [1.29, 1.82) is 0 Å². The highest BCUT2D eigenvalue weighted by molar-refractivity contribution is 5.78. The number of ether oxygens (including phenoxy) is 1. The van der Waals surface area contributed by atoms with E-state index in [-0.39, 0.29) is 18.6 Å². The Morgan fingerprint density at radius 3 is 2.92 bits per heavy atom. The second-order valence-electron chi connectivity index (χ2n) is 3.06. The Bertz CT molecular complexity index is 186. The lowest BCUT2D eigenvalue weighted by Crippen LogP contribution is -2.35. The molecule has 0 aromatic rings. The maximum absolute atomic E-state index is 11.1. The first-order valence-corrected chi connectivity index (χ1v) is 4.46. The van der Waals surface area contributed by atoms with Gasteiger partial charge in [-0.05, 0) is 6.92 Å². The molecule has 0 unspecified atom stereocenters. The van der Waals surface area contributed by atoms with E-state index in [1.54, 1.807) is 0 Å². The van der Waals surface area contributed by atoms with Crippen LogP contribution in [0, 0.1) is 0 Å². The Kier molecular flexibility index (Phi) is 3.65. The fraction of sp³-hybridized carbons (Fsp3) is 0.875. The Morgan fingerprint density at radius 2 is 2.38 bits per heavy atom. The van der Waals surface area contributed by atoms with Gasteiger partial charge in [0.05, 0.1) is 12.6 Å². The zero-order valence-corrected chi connectivity index (χ0v) is 7.77. The molecule has 0 radical (unpaired) electrons. The molecule has 2 atom stereocenters. The molecule has 1 saturated heterocycles. The van der Waals surface area contributed by atoms with Crippen molar-refractivity contribution in [2.75, 3.05) is 26.2 Å². The molecule has 5 heteroatoms. The van der Waals surface area contributed by atoms with E-state index in [0.717, 1.165) is 0 Å². The van der Waals surface area contributed by atoms with Crippen molar-refractivity contribution in [3.8, 4) is 0 Å². The molecular weight excluding hydrogens is 172 g/mol. The van der Waals surface area contributed by atoms with Crippen LogP contribution in [0.15, 0.2) is 0 Å². The van der Waals surface area contributed by atoms with Crippen molar-refractivity contribution in [3.05, 3.63) is 0 Å². The summed E-state index contributed by atoms with van der Waals surface area (Å²) in [6.07, 6.45) is -0.823. The third-order valence-corrected chi connectivity index (χ3v) is 2.15. The number of rotatable bonds is 3. The van der Waals surface area contributed by atoms with Crippen LogP contribution in [0.25, 0.3) is 0 Å². The maximum Gasteiger partial charge on any atom is 0.236 e. The van der Waals surface area contributed by atoms with E-state index < -0.39 is 6.10 Å². The Hall–Kier alpha value is -0.650. The van der Waals surface area contributed by atoms with Crippen LogP contribution in [0.5, 0.6) is 0 Å². The highest BCUT2D eigenvalue weighted by Gasteiger charge is 2.33. The molecule has 1 heterocycles. The summed E-state index contributed by atoms with van der Waals surface area (Å²) in [5, 5.41) is 9.48. The van der Waals surface area contributed by atoms with Crippen LogP contribution < -0.4 is 5.73 Å². The SMILES string of the molecule is CCO[C@H]1CN(C(=O)CN)C[C@@H]1O. The molecule has 0 bridgehead atoms. The molecule has 1 amide bonds. The van der Waals surface area contributed by atoms with Crippen LogP contribution >= 0.6 is 0 Å². The molecule has 76 valence electrons. The quantitative estimate of drug-likeness (QED) is 0.568. The maximum atomic E-state index is 11.1. The molecule has 1 rings (SSSR count). The monoisotopic (exact) mass is 188 g/mol. The third-order valence-electron chi connectivity index (χ3n) is 2.15. The van der Waals surface area contributed by atoms with Gasteiger partial charge >= 0.3 is 0 Å². The van der Waals surface area contributed by atoms with Crippen molar-refractivity contribution in [2.45, 2.75) is 19.1 Å². The Morgan fingerprint density at radius 1 is 1.69 bits per heavy atom. The van der Waals surface area contributed by atoms with E-state index in [1.807, 2.05) is 6.92 Å². The number of nitrogens with zero attached hydrogens (tertiary/aromatic N) is 1. The van der Waals surface area contributed by atoms with Crippen LogP contribution in [0.3, 0.4) is 0 Å². The van der Waals surface area contributed by atoms with E-state index in [0.29, 0.717) is 19.7 Å². The normalized spacial score (nSPS) is 28.1. The fourth-order valence-corrected chi connectivity index (χ4v) is 1.47. The van der Waals surface area contributed by atoms with Gasteiger partial charge in [0.15, 0.2) is 0 Å². The summed E-state index contributed by atoms with van der Waals surface area (Å²) in [7, 11) is 0. The molecule has 0 aromatic heterocycles. The smallest absolute Gasteiger partial charge is 0.236 e. The number of carbonyl (C=O) groups is 1. The number of likely N-dealkylation sites (tertiary alicyclic amines) is 1. The van der Waals surface area contributed by atoms with Gasteiger partial charge in [0.2, 0.25) is 5.91 Å². The summed E-state index contributed by atoms with van der Waals surface area (Å²) in [4.78, 5) is 12.7. The van der Waals surface area contributed by atoms with Crippen LogP contribution in [0.4, 0.5) is 0 Å². The van der Waals surface area contributed by atoms with Crippen molar-refractivity contribution in [3.63, 3.8) is 0 Å². The number of carbonyl (C=O) groups excluding carboxylic acids is 1. The van der Waals surface area contributed by atoms with E-state index in [2.05, 4.69) is 0 Å². The van der Waals surface area contributed by atoms with Gasteiger partial charge in [0.1, 0.15) is 6.10 Å². The molecule has 0 aliphatic carbocycles. The molecule has 0 aromatic carbocycles. The minimum Gasteiger partial charge on any atom is -0.388 e. The summed E-state index contributed by atoms with van der Waals surface area (Å²) in [5.74, 6) is -0.138. The van der Waals surface area contributed by atoms with E-state index in [4.69, 9.17) is 10.5 Å². The lowest BCUT2D eigenvalue weighted by atomic mass is 10.3. The number of hydrogen-bond acceptors (Lipinski definition) is 4. The van der Waals surface area contributed by atoms with Crippen LogP contribution in [-0.4, -0.2) is 54.4 Å². The van der Waals surface area contributed by atoms with Gasteiger partial charge in [-0.3, -0.25) is 4.79 Å². The summed E-state index contributed by atoms with van der Waals surface area (Å²) >= 11 is 0. The second kappa shape index (κ2) is 4.55. The van der Waals surface area contributed by atoms with Gasteiger partial charge in [-0.1, -0.05) is 0 Å². The first kappa shape index (κ1) is 10.4. The molecule has 13 heavy (non-hydrogen) atoms. The van der Waals surface area contributed by atoms with Gasteiger partial charge in [0.25, 0.3) is 0 Å². The average Bonchev–Trinajstić information content (AvgIpc) is 2.47. The van der Waals surface area contributed by atoms with E-state index in [9.17, 15) is 9.90 Å². The number of nitrogens with two attached hydrogens (primary N) is 1. The lowest BCUT2D eigenvalue weighted by molar-refractivity contribution is -0.129. The number of amides is 1. The predicted octanol–water partition coefficient (Wildman–Crippen LogP) is -1.45. The Balaban J connectivity index is 2.44. The second-order valence-corrected chi connectivity index (χ2v) is 3.06. The van der Waals surface area contributed by atoms with Crippen LogP contribution in [0.1, 0.15) is 6.92 Å². The minimum absolute atomic E-state index is 0.00837. The van der Waals surface area contributed by atoms with Gasteiger partial charge in [-0.2, -0.15) is 0 Å². The van der Waals surface area contributed by atoms with E-state index >= 15 is 0 Å². The minimum atomic E-state index is -0.574. The van der Waals surface area contributed by atoms with Crippen LogP contribution in [-0.2, 0) is 9.53 Å². The van der Waals surface area contributed by atoms with Gasteiger partial charge < -0.3 is 20.5 Å². The summed E-state index contributed by atoms with van der Waals surface area (Å²) in [5.41, 5.74) is 5.20. The molecule has 0 saturated carbocycles. The first-order valence-electron chi connectivity index (χ1n) is 4.46. The van der Waals surface area contributed by atoms with Gasteiger partial charge in [-0.15, -0.1) is 0 Å². The molecular formula is C8H16N2O3. The number of aliphatic hydroxyl groups excluding tert-OH is 1. The third kappa shape index (κ3) is 2.40. The van der Waals surface area contributed by atoms with Crippen molar-refractivity contribution in [1.82, 2.24) is 4.90 Å². The number of β-amino-alcohol motifs (C(OH)–C–C–N with tert-alkyl or cyclic N) is 1. The molecule has 1 aliphatic rings. The topological polar surface area (TPSA) is 75.8 Å². The van der Waals surface area contributed by atoms with Crippen molar-refractivity contribution < 1.29 is 14.6 Å². The molecule has 3 N–H and O–H groups in total. The summed E-state index contributed by atoms with van der Waals surface area (Å²) in [6, 6.07) is 0. The van der Waals surface area contributed by atoms with Gasteiger partial charge in [-0.25, -0.2) is 0 Å². The highest BCUT2D eigenvalue weighted by atomic mass is 16.5. The number of aliphatic hydroxyl groups is 1. The summed E-state index contributed by atoms with van der Waals surface area (Å²) in [6.45, 7) is 3.18. The highest BCUT2D eigenvalue weighted by Crippen LogP contribution is 2.13. The van der Waals surface area contributed by atoms with Crippen molar-refractivity contribution >= 4 is 5.91 Å². The molecule has 1 aliphatic heterocycles. The van der Waals surface area contributed by atoms with E-state index in [1.165, 1.54) is 4.90 Å². The number of hydrogen-bond donors (Lipinski definition) is 2.